The molecule has 1 rings (SSSR count). The quantitative estimate of drug-likeness (QED) is 0.645. The zero-order chi connectivity index (χ0) is 9.84. The zero-order valence-electron chi connectivity index (χ0n) is 8.42. The van der Waals surface area contributed by atoms with Crippen LogP contribution in [0.5, 0.6) is 0 Å². The molecule has 0 aliphatic heterocycles. The highest BCUT2D eigenvalue weighted by Crippen LogP contribution is 2.14. The molecule has 0 N–H and O–H groups in total. The van der Waals surface area contributed by atoms with Gasteiger partial charge in [-0.2, -0.15) is 0 Å². The smallest absolute Gasteiger partial charge is 0.165 e. The Morgan fingerprint density at radius 2 is 2.31 bits per heavy atom. The zero-order valence-corrected chi connectivity index (χ0v) is 8.42. The molecular formula is C12H15O. The van der Waals surface area contributed by atoms with Gasteiger partial charge in [0, 0.05) is 11.5 Å². The van der Waals surface area contributed by atoms with Crippen molar-refractivity contribution in [3.63, 3.8) is 0 Å². The largest absolute Gasteiger partial charge is 0.294 e. The molecule has 0 bridgehead atoms. The second kappa shape index (κ2) is 4.22. The molecule has 0 heterocycles. The highest BCUT2D eigenvalue weighted by Gasteiger charge is 2.14. The Hall–Kier alpha value is -1.11. The fourth-order valence-electron chi connectivity index (χ4n) is 1.24. The number of benzene rings is 1. The van der Waals surface area contributed by atoms with Crippen LogP contribution in [0.1, 0.15) is 36.2 Å². The van der Waals surface area contributed by atoms with E-state index < -0.39 is 0 Å². The van der Waals surface area contributed by atoms with Crippen LogP contribution in [0.25, 0.3) is 0 Å². The van der Waals surface area contributed by atoms with Crippen LogP contribution in [-0.2, 0) is 0 Å². The summed E-state index contributed by atoms with van der Waals surface area (Å²) in [5.74, 6) is 0.353. The van der Waals surface area contributed by atoms with Gasteiger partial charge in [-0.15, -0.1) is 0 Å². The van der Waals surface area contributed by atoms with Crippen molar-refractivity contribution in [1.82, 2.24) is 0 Å². The van der Waals surface area contributed by atoms with Crippen molar-refractivity contribution < 1.29 is 4.79 Å². The van der Waals surface area contributed by atoms with E-state index in [0.29, 0.717) is 0 Å². The Labute approximate surface area is 79.8 Å². The number of carbonyl (C=O) groups excluding carboxylic acids is 1. The Bertz CT molecular complexity index is 302. The van der Waals surface area contributed by atoms with Gasteiger partial charge in [-0.05, 0) is 25.0 Å². The average Bonchev–Trinajstić information content (AvgIpc) is 2.16. The predicted molar refractivity (Wildman–Crippen MR) is 53.8 cm³/mol. The van der Waals surface area contributed by atoms with Crippen molar-refractivity contribution in [2.45, 2.75) is 27.2 Å². The Morgan fingerprint density at radius 3 is 2.85 bits per heavy atom. The van der Waals surface area contributed by atoms with Crippen LogP contribution in [0, 0.1) is 18.9 Å². The standard InChI is InChI=1S/C12H15O/c1-4-9(2)12(13)11-8-6-5-7-10(11)3/h5-6,8-9H,4H2,1-3H3. The van der Waals surface area contributed by atoms with Crippen LogP contribution < -0.4 is 0 Å². The summed E-state index contributed by atoms with van der Waals surface area (Å²) in [6.07, 6.45) is 0.896. The van der Waals surface area contributed by atoms with Crippen LogP contribution in [0.3, 0.4) is 0 Å². The van der Waals surface area contributed by atoms with Crippen molar-refractivity contribution in [1.29, 1.82) is 0 Å². The number of rotatable bonds is 3. The van der Waals surface area contributed by atoms with E-state index in [9.17, 15) is 4.79 Å². The molecule has 1 radical (unpaired) electrons. The topological polar surface area (TPSA) is 17.1 Å². The second-order valence-corrected chi connectivity index (χ2v) is 3.38. The lowest BCUT2D eigenvalue weighted by atomic mass is 9.94. The summed E-state index contributed by atoms with van der Waals surface area (Å²) in [5, 5.41) is 0. The maximum absolute atomic E-state index is 11.8. The van der Waals surface area contributed by atoms with E-state index in [1.54, 1.807) is 0 Å². The maximum atomic E-state index is 11.8. The van der Waals surface area contributed by atoms with Crippen molar-refractivity contribution >= 4 is 5.78 Å². The third-order valence-corrected chi connectivity index (χ3v) is 2.39. The van der Waals surface area contributed by atoms with Crippen LogP contribution in [-0.4, -0.2) is 5.78 Å². The van der Waals surface area contributed by atoms with Crippen molar-refractivity contribution in [2.75, 3.05) is 0 Å². The molecule has 0 spiro atoms. The first-order valence-electron chi connectivity index (χ1n) is 4.68. The van der Waals surface area contributed by atoms with Crippen LogP contribution in [0.4, 0.5) is 0 Å². The molecule has 13 heavy (non-hydrogen) atoms. The number of Topliss-reactive ketones (excluding diaryl/α,β-unsaturated/α-hetero) is 1. The highest BCUT2D eigenvalue weighted by molar-refractivity contribution is 5.98. The number of hydrogen-bond donors (Lipinski definition) is 0. The number of hydrogen-bond acceptors (Lipinski definition) is 1. The number of carbonyl (C=O) groups is 1. The van der Waals surface area contributed by atoms with Gasteiger partial charge < -0.3 is 0 Å². The minimum atomic E-state index is 0.120. The highest BCUT2D eigenvalue weighted by atomic mass is 16.1. The minimum absolute atomic E-state index is 0.120. The van der Waals surface area contributed by atoms with Gasteiger partial charge in [-0.1, -0.05) is 32.0 Å². The number of aryl methyl sites for hydroxylation is 1. The Kier molecular flexibility index (Phi) is 3.24. The van der Waals surface area contributed by atoms with Gasteiger partial charge in [-0.3, -0.25) is 4.79 Å². The lowest BCUT2D eigenvalue weighted by Gasteiger charge is -2.08. The molecule has 1 heteroatoms. The first-order valence-corrected chi connectivity index (χ1v) is 4.68. The van der Waals surface area contributed by atoms with Crippen LogP contribution in [0.15, 0.2) is 18.2 Å². The predicted octanol–water partition coefficient (Wildman–Crippen LogP) is 3.02. The van der Waals surface area contributed by atoms with E-state index in [1.807, 2.05) is 39.0 Å². The fraction of sp³-hybridized carbons (Fsp3) is 0.417. The lowest BCUT2D eigenvalue weighted by Crippen LogP contribution is -2.11. The SMILES string of the molecule is CCC(C)C(=O)c1ccc[c]c1C. The molecule has 0 aromatic heterocycles. The van der Waals surface area contributed by atoms with E-state index >= 15 is 0 Å². The summed E-state index contributed by atoms with van der Waals surface area (Å²) in [4.78, 5) is 11.8. The van der Waals surface area contributed by atoms with E-state index in [4.69, 9.17) is 0 Å². The van der Waals surface area contributed by atoms with Crippen molar-refractivity contribution in [2.24, 2.45) is 5.92 Å². The molecule has 0 fully saturated rings. The molecule has 1 aromatic rings. The molecule has 0 saturated carbocycles. The van der Waals surface area contributed by atoms with Gasteiger partial charge in [0.05, 0.1) is 0 Å². The third kappa shape index (κ3) is 2.18. The van der Waals surface area contributed by atoms with Gasteiger partial charge in [0.2, 0.25) is 0 Å². The molecule has 0 aliphatic rings. The Morgan fingerprint density at radius 1 is 1.62 bits per heavy atom. The van der Waals surface area contributed by atoms with Crippen molar-refractivity contribution in [3.05, 3.63) is 35.4 Å². The summed E-state index contributed by atoms with van der Waals surface area (Å²) in [5.41, 5.74) is 1.77. The lowest BCUT2D eigenvalue weighted by molar-refractivity contribution is 0.0926. The fourth-order valence-corrected chi connectivity index (χ4v) is 1.24. The van der Waals surface area contributed by atoms with E-state index in [1.165, 1.54) is 0 Å². The molecular weight excluding hydrogens is 160 g/mol. The van der Waals surface area contributed by atoms with Crippen molar-refractivity contribution in [3.8, 4) is 0 Å². The third-order valence-electron chi connectivity index (χ3n) is 2.39. The van der Waals surface area contributed by atoms with Gasteiger partial charge in [0.1, 0.15) is 0 Å². The molecule has 0 aliphatic carbocycles. The molecule has 1 nitrogen and oxygen atoms in total. The average molecular weight is 175 g/mol. The molecule has 1 unspecified atom stereocenters. The summed E-state index contributed by atoms with van der Waals surface area (Å²) in [6.45, 7) is 5.93. The molecule has 1 aromatic carbocycles. The van der Waals surface area contributed by atoms with E-state index in [0.717, 1.165) is 17.5 Å². The summed E-state index contributed by atoms with van der Waals surface area (Å²) < 4.78 is 0. The Balaban J connectivity index is 2.95. The van der Waals surface area contributed by atoms with E-state index in [2.05, 4.69) is 6.07 Å². The van der Waals surface area contributed by atoms with Gasteiger partial charge in [0.15, 0.2) is 5.78 Å². The maximum Gasteiger partial charge on any atom is 0.165 e. The van der Waals surface area contributed by atoms with Crippen LogP contribution >= 0.6 is 0 Å². The summed E-state index contributed by atoms with van der Waals surface area (Å²) in [6, 6.07) is 8.61. The first-order chi connectivity index (χ1) is 6.16. The molecule has 0 saturated heterocycles. The van der Waals surface area contributed by atoms with Gasteiger partial charge in [-0.25, -0.2) is 0 Å². The number of ketones is 1. The summed E-state index contributed by atoms with van der Waals surface area (Å²) >= 11 is 0. The molecule has 0 amide bonds. The summed E-state index contributed by atoms with van der Waals surface area (Å²) in [7, 11) is 0. The first kappa shape index (κ1) is 9.97. The normalized spacial score (nSPS) is 12.5. The minimum Gasteiger partial charge on any atom is -0.294 e. The van der Waals surface area contributed by atoms with Crippen LogP contribution in [0.2, 0.25) is 0 Å². The monoisotopic (exact) mass is 175 g/mol. The van der Waals surface area contributed by atoms with E-state index in [-0.39, 0.29) is 11.7 Å². The van der Waals surface area contributed by atoms with Gasteiger partial charge in [0.25, 0.3) is 0 Å². The van der Waals surface area contributed by atoms with Gasteiger partial charge >= 0.3 is 0 Å². The molecule has 69 valence electrons. The second-order valence-electron chi connectivity index (χ2n) is 3.38. The molecule has 1 atom stereocenters.